The Bertz CT molecular complexity index is 1750. The predicted octanol–water partition coefficient (Wildman–Crippen LogP) is 7.70. The Labute approximate surface area is 253 Å². The second kappa shape index (κ2) is 12.5. The predicted molar refractivity (Wildman–Crippen MR) is 170 cm³/mol. The maximum Gasteiger partial charge on any atom is 0.266 e. The lowest BCUT2D eigenvalue weighted by molar-refractivity contribution is -0.122. The summed E-state index contributed by atoms with van der Waals surface area (Å²) < 4.78 is 22.2. The van der Waals surface area contributed by atoms with Gasteiger partial charge in [0.2, 0.25) is 0 Å². The number of hydrogen-bond acceptors (Lipinski definition) is 5. The molecule has 42 heavy (non-hydrogen) atoms. The lowest BCUT2D eigenvalue weighted by Gasteiger charge is -2.14. The highest BCUT2D eigenvalue weighted by atomic mass is 32.2. The van der Waals surface area contributed by atoms with Gasteiger partial charge in [-0.25, -0.2) is 9.07 Å². The second-order valence-electron chi connectivity index (χ2n) is 9.69. The van der Waals surface area contributed by atoms with Crippen molar-refractivity contribution in [3.63, 3.8) is 0 Å². The molecule has 1 aliphatic rings. The Kier molecular flexibility index (Phi) is 8.26. The van der Waals surface area contributed by atoms with Crippen LogP contribution in [0.2, 0.25) is 0 Å². The zero-order chi connectivity index (χ0) is 28.9. The fourth-order valence-corrected chi connectivity index (χ4v) is 5.93. The lowest BCUT2D eigenvalue weighted by atomic mass is 10.1. The van der Waals surface area contributed by atoms with E-state index in [4.69, 9.17) is 22.1 Å². The number of thioether (sulfide) groups is 1. The summed E-state index contributed by atoms with van der Waals surface area (Å²) in [6.45, 7) is 0.655. The molecule has 0 bridgehead atoms. The molecule has 0 saturated carbocycles. The van der Waals surface area contributed by atoms with E-state index >= 15 is 0 Å². The minimum absolute atomic E-state index is 0.101. The highest BCUT2D eigenvalue weighted by molar-refractivity contribution is 8.26. The van der Waals surface area contributed by atoms with Crippen LogP contribution in [-0.4, -0.2) is 31.5 Å². The number of amides is 1. The zero-order valence-corrected chi connectivity index (χ0v) is 24.2. The molecule has 1 fully saturated rings. The third-order valence-electron chi connectivity index (χ3n) is 6.87. The molecule has 0 radical (unpaired) electrons. The SMILES string of the molecule is O=C1/C(=C/c2cn(-c3ccccc3)nc2-c2ccc(OCc3ccccc3F)cc2)SC(=S)N1CCc1ccccc1. The first-order valence-electron chi connectivity index (χ1n) is 13.5. The average molecular weight is 592 g/mol. The monoisotopic (exact) mass is 591 g/mol. The summed E-state index contributed by atoms with van der Waals surface area (Å²) in [7, 11) is 0. The van der Waals surface area contributed by atoms with Crippen molar-refractivity contribution in [2.24, 2.45) is 0 Å². The molecule has 5 aromatic rings. The number of rotatable bonds is 9. The first-order chi connectivity index (χ1) is 20.5. The van der Waals surface area contributed by atoms with Crippen LogP contribution in [0, 0.1) is 5.82 Å². The van der Waals surface area contributed by atoms with E-state index in [-0.39, 0.29) is 18.3 Å². The Balaban J connectivity index is 1.26. The fourth-order valence-electron chi connectivity index (χ4n) is 4.64. The van der Waals surface area contributed by atoms with Crippen molar-refractivity contribution in [3.8, 4) is 22.7 Å². The van der Waals surface area contributed by atoms with Crippen molar-refractivity contribution in [2.75, 3.05) is 6.54 Å². The molecule has 2 heterocycles. The van der Waals surface area contributed by atoms with Crippen molar-refractivity contribution >= 4 is 40.3 Å². The van der Waals surface area contributed by atoms with Gasteiger partial charge in [0.1, 0.15) is 22.5 Å². The molecule has 0 unspecified atom stereocenters. The second-order valence-corrected chi connectivity index (χ2v) is 11.4. The molecule has 0 atom stereocenters. The number of aromatic nitrogens is 2. The number of benzene rings is 4. The van der Waals surface area contributed by atoms with E-state index < -0.39 is 0 Å². The van der Waals surface area contributed by atoms with E-state index in [0.717, 1.165) is 28.8 Å². The number of hydrogen-bond donors (Lipinski definition) is 0. The first-order valence-corrected chi connectivity index (χ1v) is 14.7. The minimum Gasteiger partial charge on any atom is -0.489 e. The van der Waals surface area contributed by atoms with Gasteiger partial charge in [0.05, 0.1) is 16.3 Å². The Hall–Kier alpha value is -4.53. The molecule has 0 aliphatic carbocycles. The van der Waals surface area contributed by atoms with Gasteiger partial charge in [0, 0.05) is 29.4 Å². The highest BCUT2D eigenvalue weighted by Crippen LogP contribution is 2.35. The number of thiocarbonyl (C=S) groups is 1. The molecule has 5 nitrogen and oxygen atoms in total. The molecule has 6 rings (SSSR count). The average Bonchev–Trinajstić information content (AvgIpc) is 3.56. The normalized spacial score (nSPS) is 14.1. The van der Waals surface area contributed by atoms with Gasteiger partial charge in [0.15, 0.2) is 0 Å². The zero-order valence-electron chi connectivity index (χ0n) is 22.5. The first kappa shape index (κ1) is 27.6. The van der Waals surface area contributed by atoms with Crippen LogP contribution in [0.15, 0.2) is 120 Å². The molecule has 1 aromatic heterocycles. The molecule has 0 N–H and O–H groups in total. The van der Waals surface area contributed by atoms with Gasteiger partial charge in [-0.05, 0) is 60.5 Å². The Morgan fingerprint density at radius 2 is 1.57 bits per heavy atom. The van der Waals surface area contributed by atoms with Gasteiger partial charge < -0.3 is 4.74 Å². The van der Waals surface area contributed by atoms with Crippen LogP contribution in [0.25, 0.3) is 23.0 Å². The highest BCUT2D eigenvalue weighted by Gasteiger charge is 2.32. The van der Waals surface area contributed by atoms with Gasteiger partial charge in [0.25, 0.3) is 5.91 Å². The van der Waals surface area contributed by atoms with Crippen LogP contribution in [0.5, 0.6) is 5.75 Å². The standard InChI is InChI=1S/C34H26FN3O2S2/c35-30-14-8-7-11-26(30)23-40-29-17-15-25(16-18-29)32-27(22-38(36-32)28-12-5-2-6-13-28)21-31-33(39)37(34(41)42-31)20-19-24-9-3-1-4-10-24/h1-18,21-22H,19-20,23H2/b31-21-. The molecule has 0 spiro atoms. The van der Waals surface area contributed by atoms with Crippen LogP contribution < -0.4 is 4.74 Å². The molecular formula is C34H26FN3O2S2. The Morgan fingerprint density at radius 1 is 0.881 bits per heavy atom. The van der Waals surface area contributed by atoms with E-state index in [1.165, 1.54) is 17.8 Å². The van der Waals surface area contributed by atoms with Crippen molar-refractivity contribution in [2.45, 2.75) is 13.0 Å². The molecule has 1 aliphatic heterocycles. The summed E-state index contributed by atoms with van der Waals surface area (Å²) in [5.74, 6) is 0.220. The lowest BCUT2D eigenvalue weighted by Crippen LogP contribution is -2.30. The number of carbonyl (C=O) groups excluding carboxylic acids is 1. The van der Waals surface area contributed by atoms with Gasteiger partial charge in [-0.2, -0.15) is 5.10 Å². The quantitative estimate of drug-likeness (QED) is 0.130. The van der Waals surface area contributed by atoms with Crippen LogP contribution in [0.3, 0.4) is 0 Å². The summed E-state index contributed by atoms with van der Waals surface area (Å²) in [6, 6.07) is 33.9. The number of nitrogens with zero attached hydrogens (tertiary/aromatic N) is 3. The fraction of sp³-hybridized carbons (Fsp3) is 0.0882. The maximum atomic E-state index is 14.0. The van der Waals surface area contributed by atoms with E-state index in [1.807, 2.05) is 97.2 Å². The van der Waals surface area contributed by atoms with Crippen LogP contribution in [-0.2, 0) is 17.8 Å². The van der Waals surface area contributed by atoms with E-state index in [0.29, 0.717) is 32.8 Å². The number of carbonyl (C=O) groups is 1. The summed E-state index contributed by atoms with van der Waals surface area (Å²) >= 11 is 6.90. The summed E-state index contributed by atoms with van der Waals surface area (Å²) in [4.78, 5) is 15.6. The largest absolute Gasteiger partial charge is 0.489 e. The molecule has 208 valence electrons. The maximum absolute atomic E-state index is 14.0. The van der Waals surface area contributed by atoms with Crippen molar-refractivity contribution in [1.82, 2.24) is 14.7 Å². The molecular weight excluding hydrogens is 566 g/mol. The van der Waals surface area contributed by atoms with Crippen molar-refractivity contribution < 1.29 is 13.9 Å². The third-order valence-corrected chi connectivity index (χ3v) is 8.25. The molecule has 1 amide bonds. The topological polar surface area (TPSA) is 47.4 Å². The van der Waals surface area contributed by atoms with Crippen LogP contribution in [0.1, 0.15) is 16.7 Å². The van der Waals surface area contributed by atoms with Crippen molar-refractivity contribution in [1.29, 1.82) is 0 Å². The molecule has 8 heteroatoms. The van der Waals surface area contributed by atoms with Crippen LogP contribution in [0.4, 0.5) is 4.39 Å². The third kappa shape index (κ3) is 6.20. The summed E-state index contributed by atoms with van der Waals surface area (Å²) in [6.07, 6.45) is 4.51. The van der Waals surface area contributed by atoms with Gasteiger partial charge in [-0.1, -0.05) is 90.7 Å². The van der Waals surface area contributed by atoms with Gasteiger partial charge >= 0.3 is 0 Å². The van der Waals surface area contributed by atoms with Gasteiger partial charge in [-0.15, -0.1) is 0 Å². The summed E-state index contributed by atoms with van der Waals surface area (Å²) in [5.41, 5.74) is 4.92. The number of halogens is 1. The minimum atomic E-state index is -0.296. The molecule has 1 saturated heterocycles. The summed E-state index contributed by atoms with van der Waals surface area (Å²) in [5, 5.41) is 4.88. The number of para-hydroxylation sites is 1. The van der Waals surface area contributed by atoms with E-state index in [1.54, 1.807) is 27.8 Å². The van der Waals surface area contributed by atoms with Crippen LogP contribution >= 0.6 is 24.0 Å². The van der Waals surface area contributed by atoms with Crippen molar-refractivity contribution in [3.05, 3.63) is 143 Å². The smallest absolute Gasteiger partial charge is 0.266 e. The molecule has 4 aromatic carbocycles. The van der Waals surface area contributed by atoms with E-state index in [9.17, 15) is 9.18 Å². The van der Waals surface area contributed by atoms with E-state index in [2.05, 4.69) is 0 Å². The van der Waals surface area contributed by atoms with Gasteiger partial charge in [-0.3, -0.25) is 9.69 Å². The Morgan fingerprint density at radius 3 is 2.31 bits per heavy atom. The number of ether oxygens (including phenoxy) is 1.